The Labute approximate surface area is 103 Å². The van der Waals surface area contributed by atoms with Crippen LogP contribution in [0, 0.1) is 5.92 Å². The molecule has 1 aromatic rings. The van der Waals surface area contributed by atoms with Gasteiger partial charge in [-0.15, -0.1) is 0 Å². The van der Waals surface area contributed by atoms with Crippen molar-refractivity contribution < 1.29 is 5.11 Å². The summed E-state index contributed by atoms with van der Waals surface area (Å²) < 4.78 is 1.97. The minimum Gasteiger partial charge on any atom is -0.390 e. The topological polar surface area (TPSA) is 50.1 Å². The minimum atomic E-state index is 0.0832. The first-order valence-electron chi connectivity index (χ1n) is 6.59. The number of hydrogen-bond acceptors (Lipinski definition) is 3. The smallest absolute Gasteiger partial charge is 0.0849 e. The summed E-state index contributed by atoms with van der Waals surface area (Å²) in [6.45, 7) is 7.45. The van der Waals surface area contributed by atoms with Crippen molar-refractivity contribution in [1.82, 2.24) is 15.1 Å². The highest BCUT2D eigenvalue weighted by Crippen LogP contribution is 2.23. The standard InChI is InChI=1S/C13H23N3O/c1-10(2)8-16-12(9-17)6-13(15-16)11-4-3-5-14-7-11/h6,10-11,14,17H,3-5,7-9H2,1-2H3/t11-/m0/s1. The van der Waals surface area contributed by atoms with Crippen molar-refractivity contribution in [2.45, 2.75) is 45.8 Å². The van der Waals surface area contributed by atoms with E-state index in [2.05, 4.69) is 30.3 Å². The van der Waals surface area contributed by atoms with Crippen LogP contribution < -0.4 is 5.32 Å². The number of nitrogens with zero attached hydrogens (tertiary/aromatic N) is 2. The van der Waals surface area contributed by atoms with Gasteiger partial charge in [-0.3, -0.25) is 4.68 Å². The molecular formula is C13H23N3O. The average molecular weight is 237 g/mol. The van der Waals surface area contributed by atoms with Gasteiger partial charge in [-0.25, -0.2) is 0 Å². The molecule has 2 rings (SSSR count). The Morgan fingerprint density at radius 2 is 2.41 bits per heavy atom. The van der Waals surface area contributed by atoms with Crippen LogP contribution in [0.1, 0.15) is 44.0 Å². The van der Waals surface area contributed by atoms with Crippen molar-refractivity contribution in [3.63, 3.8) is 0 Å². The van der Waals surface area contributed by atoms with Crippen LogP contribution in [0.5, 0.6) is 0 Å². The van der Waals surface area contributed by atoms with E-state index in [1.165, 1.54) is 12.8 Å². The van der Waals surface area contributed by atoms with Gasteiger partial charge in [0.1, 0.15) is 0 Å². The Balaban J connectivity index is 2.14. The molecule has 1 fully saturated rings. The molecule has 0 spiro atoms. The molecule has 2 N–H and O–H groups in total. The SMILES string of the molecule is CC(C)Cn1nc([C@H]2CCCNC2)cc1CO. The zero-order valence-electron chi connectivity index (χ0n) is 10.8. The van der Waals surface area contributed by atoms with Gasteiger partial charge in [0.05, 0.1) is 18.0 Å². The van der Waals surface area contributed by atoms with Crippen molar-refractivity contribution in [3.8, 4) is 0 Å². The van der Waals surface area contributed by atoms with Crippen molar-refractivity contribution in [2.24, 2.45) is 5.92 Å². The average Bonchev–Trinajstić information content (AvgIpc) is 2.72. The second-order valence-corrected chi connectivity index (χ2v) is 5.34. The summed E-state index contributed by atoms with van der Waals surface area (Å²) >= 11 is 0. The number of aliphatic hydroxyl groups is 1. The van der Waals surface area contributed by atoms with E-state index in [0.717, 1.165) is 31.0 Å². The van der Waals surface area contributed by atoms with Crippen LogP contribution in [-0.4, -0.2) is 28.0 Å². The summed E-state index contributed by atoms with van der Waals surface area (Å²) in [5.74, 6) is 1.07. The molecule has 17 heavy (non-hydrogen) atoms. The molecule has 0 bridgehead atoms. The monoisotopic (exact) mass is 237 g/mol. The van der Waals surface area contributed by atoms with E-state index in [1.54, 1.807) is 0 Å². The van der Waals surface area contributed by atoms with E-state index in [-0.39, 0.29) is 6.61 Å². The second kappa shape index (κ2) is 5.65. The maximum Gasteiger partial charge on any atom is 0.0849 e. The first-order chi connectivity index (χ1) is 8.20. The van der Waals surface area contributed by atoms with E-state index < -0.39 is 0 Å². The third kappa shape index (κ3) is 3.07. The van der Waals surface area contributed by atoms with Gasteiger partial charge in [-0.1, -0.05) is 13.8 Å². The fourth-order valence-electron chi connectivity index (χ4n) is 2.41. The molecule has 4 heteroatoms. The fraction of sp³-hybridized carbons (Fsp3) is 0.769. The molecule has 0 unspecified atom stereocenters. The summed E-state index contributed by atoms with van der Waals surface area (Å²) in [7, 11) is 0. The molecule has 2 heterocycles. The molecule has 0 saturated carbocycles. The summed E-state index contributed by atoms with van der Waals surface area (Å²) in [6, 6.07) is 2.07. The molecule has 0 amide bonds. The summed E-state index contributed by atoms with van der Waals surface area (Å²) in [5.41, 5.74) is 2.08. The number of hydrogen-bond donors (Lipinski definition) is 2. The van der Waals surface area contributed by atoms with Gasteiger partial charge in [-0.05, 0) is 31.4 Å². The molecule has 1 aliphatic rings. The lowest BCUT2D eigenvalue weighted by molar-refractivity contribution is 0.264. The molecule has 1 aliphatic heterocycles. The number of piperidine rings is 1. The molecule has 0 radical (unpaired) electrons. The van der Waals surface area contributed by atoms with Gasteiger partial charge >= 0.3 is 0 Å². The quantitative estimate of drug-likeness (QED) is 0.834. The minimum absolute atomic E-state index is 0.0832. The Morgan fingerprint density at radius 1 is 1.59 bits per heavy atom. The Kier molecular flexibility index (Phi) is 4.18. The van der Waals surface area contributed by atoms with Crippen LogP contribution in [-0.2, 0) is 13.2 Å². The number of aromatic nitrogens is 2. The third-order valence-corrected chi connectivity index (χ3v) is 3.30. The lowest BCUT2D eigenvalue weighted by atomic mass is 9.96. The van der Waals surface area contributed by atoms with E-state index in [1.807, 2.05) is 4.68 Å². The van der Waals surface area contributed by atoms with E-state index >= 15 is 0 Å². The van der Waals surface area contributed by atoms with Gasteiger partial charge in [-0.2, -0.15) is 5.10 Å². The van der Waals surface area contributed by atoms with Crippen LogP contribution in [0.3, 0.4) is 0 Å². The molecule has 96 valence electrons. The largest absolute Gasteiger partial charge is 0.390 e. The summed E-state index contributed by atoms with van der Waals surface area (Å²) in [4.78, 5) is 0. The Bertz CT molecular complexity index is 354. The summed E-state index contributed by atoms with van der Waals surface area (Å²) in [6.07, 6.45) is 2.42. The van der Waals surface area contributed by atoms with Crippen LogP contribution in [0.2, 0.25) is 0 Å². The molecule has 0 aliphatic carbocycles. The maximum atomic E-state index is 9.37. The highest BCUT2D eigenvalue weighted by molar-refractivity contribution is 5.15. The first kappa shape index (κ1) is 12.6. The number of aliphatic hydroxyl groups excluding tert-OH is 1. The first-order valence-corrected chi connectivity index (χ1v) is 6.59. The lowest BCUT2D eigenvalue weighted by Gasteiger charge is -2.20. The van der Waals surface area contributed by atoms with E-state index in [4.69, 9.17) is 0 Å². The summed E-state index contributed by atoms with van der Waals surface area (Å²) in [5, 5.41) is 17.4. The van der Waals surface area contributed by atoms with Crippen LogP contribution >= 0.6 is 0 Å². The third-order valence-electron chi connectivity index (χ3n) is 3.30. The van der Waals surface area contributed by atoms with Crippen LogP contribution in [0.25, 0.3) is 0 Å². The fourth-order valence-corrected chi connectivity index (χ4v) is 2.41. The van der Waals surface area contributed by atoms with E-state index in [0.29, 0.717) is 11.8 Å². The predicted octanol–water partition coefficient (Wildman–Crippen LogP) is 1.50. The molecule has 1 saturated heterocycles. The second-order valence-electron chi connectivity index (χ2n) is 5.34. The zero-order valence-corrected chi connectivity index (χ0v) is 10.8. The van der Waals surface area contributed by atoms with Gasteiger partial charge in [0.15, 0.2) is 0 Å². The molecule has 1 atom stereocenters. The van der Waals surface area contributed by atoms with Crippen molar-refractivity contribution in [2.75, 3.05) is 13.1 Å². The van der Waals surface area contributed by atoms with Crippen LogP contribution in [0.4, 0.5) is 0 Å². The Hall–Kier alpha value is -0.870. The van der Waals surface area contributed by atoms with Crippen molar-refractivity contribution >= 4 is 0 Å². The Morgan fingerprint density at radius 3 is 3.00 bits per heavy atom. The van der Waals surface area contributed by atoms with Crippen LogP contribution in [0.15, 0.2) is 6.07 Å². The molecular weight excluding hydrogens is 214 g/mol. The molecule has 4 nitrogen and oxygen atoms in total. The zero-order chi connectivity index (χ0) is 12.3. The van der Waals surface area contributed by atoms with Gasteiger partial charge in [0.2, 0.25) is 0 Å². The number of nitrogens with one attached hydrogen (secondary N) is 1. The lowest BCUT2D eigenvalue weighted by Crippen LogP contribution is -2.28. The highest BCUT2D eigenvalue weighted by Gasteiger charge is 2.19. The number of rotatable bonds is 4. The molecule has 0 aromatic carbocycles. The van der Waals surface area contributed by atoms with E-state index in [9.17, 15) is 5.11 Å². The van der Waals surface area contributed by atoms with Crippen molar-refractivity contribution in [3.05, 3.63) is 17.5 Å². The van der Waals surface area contributed by atoms with Gasteiger partial charge in [0, 0.05) is 19.0 Å². The van der Waals surface area contributed by atoms with Gasteiger partial charge in [0.25, 0.3) is 0 Å². The normalized spacial score (nSPS) is 21.1. The highest BCUT2D eigenvalue weighted by atomic mass is 16.3. The van der Waals surface area contributed by atoms with Gasteiger partial charge < -0.3 is 10.4 Å². The maximum absolute atomic E-state index is 9.37. The molecule has 1 aromatic heterocycles. The van der Waals surface area contributed by atoms with Crippen molar-refractivity contribution in [1.29, 1.82) is 0 Å². The predicted molar refractivity (Wildman–Crippen MR) is 67.8 cm³/mol.